The molecule has 0 saturated heterocycles. The first-order valence-corrected chi connectivity index (χ1v) is 8.59. The van der Waals surface area contributed by atoms with Gasteiger partial charge in [-0.1, -0.05) is 29.8 Å². The fourth-order valence-corrected chi connectivity index (χ4v) is 3.75. The molecule has 0 N–H and O–H groups in total. The van der Waals surface area contributed by atoms with Crippen LogP contribution in [-0.2, 0) is 0 Å². The zero-order valence-corrected chi connectivity index (χ0v) is 15.3. The quantitative estimate of drug-likeness (QED) is 0.650. The number of imide groups is 1. The summed E-state index contributed by atoms with van der Waals surface area (Å²) in [7, 11) is 3.91. The minimum absolute atomic E-state index is 0.268. The van der Waals surface area contributed by atoms with Crippen LogP contribution in [-0.4, -0.2) is 25.9 Å². The van der Waals surface area contributed by atoms with E-state index in [0.29, 0.717) is 16.8 Å². The lowest BCUT2D eigenvalue weighted by molar-refractivity contribution is 0.0893. The highest BCUT2D eigenvalue weighted by atomic mass is 16.2. The van der Waals surface area contributed by atoms with E-state index in [9.17, 15) is 9.59 Å². The molecule has 1 aliphatic rings. The minimum atomic E-state index is -0.268. The molecule has 4 heteroatoms. The third-order valence-corrected chi connectivity index (χ3v) is 4.96. The van der Waals surface area contributed by atoms with Gasteiger partial charge in [-0.05, 0) is 43.7 Å². The lowest BCUT2D eigenvalue weighted by Gasteiger charge is -2.29. The van der Waals surface area contributed by atoms with Crippen molar-refractivity contribution < 1.29 is 9.59 Å². The summed E-state index contributed by atoms with van der Waals surface area (Å²) in [6, 6.07) is 15.2. The molecular weight excluding hydrogens is 324 g/mol. The molecule has 3 aromatic carbocycles. The predicted octanol–water partition coefficient (Wildman–Crippen LogP) is 4.32. The number of carbonyl (C=O) groups is 2. The Balaban J connectivity index is 1.99. The molecule has 4 rings (SSSR count). The van der Waals surface area contributed by atoms with Crippen LogP contribution in [0.5, 0.6) is 0 Å². The lowest BCUT2D eigenvalue weighted by Crippen LogP contribution is -2.41. The second-order valence-corrected chi connectivity index (χ2v) is 6.99. The molecule has 0 saturated carbocycles. The highest BCUT2D eigenvalue weighted by Gasteiger charge is 2.35. The number of rotatable bonds is 2. The molecule has 0 atom stereocenters. The van der Waals surface area contributed by atoms with Crippen molar-refractivity contribution in [2.24, 2.45) is 0 Å². The van der Waals surface area contributed by atoms with E-state index in [2.05, 4.69) is 0 Å². The zero-order chi connectivity index (χ0) is 18.6. The van der Waals surface area contributed by atoms with E-state index < -0.39 is 0 Å². The smallest absolute Gasteiger partial charge is 0.265 e. The average molecular weight is 344 g/mol. The Labute approximate surface area is 152 Å². The van der Waals surface area contributed by atoms with Crippen molar-refractivity contribution in [3.63, 3.8) is 0 Å². The van der Waals surface area contributed by atoms with Crippen LogP contribution in [0.1, 0.15) is 31.8 Å². The van der Waals surface area contributed by atoms with Gasteiger partial charge >= 0.3 is 0 Å². The summed E-state index contributed by atoms with van der Waals surface area (Å²) in [5.74, 6) is -0.535. The van der Waals surface area contributed by atoms with Crippen LogP contribution in [0.15, 0.2) is 48.5 Å². The van der Waals surface area contributed by atoms with Crippen molar-refractivity contribution in [1.82, 2.24) is 0 Å². The molecule has 1 aliphatic heterocycles. The van der Waals surface area contributed by atoms with Gasteiger partial charge in [0.2, 0.25) is 0 Å². The summed E-state index contributed by atoms with van der Waals surface area (Å²) in [5.41, 5.74) is 4.78. The van der Waals surface area contributed by atoms with Gasteiger partial charge in [0.25, 0.3) is 11.8 Å². The van der Waals surface area contributed by atoms with E-state index in [4.69, 9.17) is 0 Å². The Bertz CT molecular complexity index is 1060. The fourth-order valence-electron chi connectivity index (χ4n) is 3.75. The number of carbonyl (C=O) groups excluding carboxylic acids is 2. The van der Waals surface area contributed by atoms with E-state index >= 15 is 0 Å². The molecule has 0 aromatic heterocycles. The molecule has 0 spiro atoms. The molecule has 0 unspecified atom stereocenters. The maximum atomic E-state index is 13.2. The van der Waals surface area contributed by atoms with Crippen molar-refractivity contribution in [3.8, 4) is 0 Å². The molecule has 0 radical (unpaired) electrons. The van der Waals surface area contributed by atoms with Crippen LogP contribution < -0.4 is 9.80 Å². The van der Waals surface area contributed by atoms with E-state index in [0.717, 1.165) is 27.6 Å². The Kier molecular flexibility index (Phi) is 3.58. The van der Waals surface area contributed by atoms with E-state index in [1.54, 1.807) is 6.07 Å². The van der Waals surface area contributed by atoms with E-state index in [1.807, 2.05) is 75.3 Å². The summed E-state index contributed by atoms with van der Waals surface area (Å²) in [4.78, 5) is 29.7. The van der Waals surface area contributed by atoms with Crippen LogP contribution in [0, 0.1) is 13.8 Å². The van der Waals surface area contributed by atoms with Crippen molar-refractivity contribution in [2.45, 2.75) is 13.8 Å². The summed E-state index contributed by atoms with van der Waals surface area (Å²) < 4.78 is 0. The van der Waals surface area contributed by atoms with Gasteiger partial charge in [-0.15, -0.1) is 0 Å². The first-order valence-electron chi connectivity index (χ1n) is 8.59. The lowest BCUT2D eigenvalue weighted by atomic mass is 9.92. The zero-order valence-electron chi connectivity index (χ0n) is 15.3. The second-order valence-electron chi connectivity index (χ2n) is 6.99. The molecule has 26 heavy (non-hydrogen) atoms. The van der Waals surface area contributed by atoms with Gasteiger partial charge in [0, 0.05) is 41.7 Å². The normalized spacial score (nSPS) is 13.5. The van der Waals surface area contributed by atoms with Crippen LogP contribution >= 0.6 is 0 Å². The van der Waals surface area contributed by atoms with Gasteiger partial charge in [-0.3, -0.25) is 9.59 Å². The number of amides is 2. The molecule has 4 nitrogen and oxygen atoms in total. The third-order valence-electron chi connectivity index (χ3n) is 4.96. The molecular formula is C22H20N2O2. The van der Waals surface area contributed by atoms with Gasteiger partial charge in [-0.2, -0.15) is 0 Å². The Morgan fingerprint density at radius 1 is 0.846 bits per heavy atom. The minimum Gasteiger partial charge on any atom is -0.377 e. The average Bonchev–Trinajstić information content (AvgIpc) is 2.60. The summed E-state index contributed by atoms with van der Waals surface area (Å²) in [6.07, 6.45) is 0. The molecule has 3 aromatic rings. The number of aryl methyl sites for hydroxylation is 2. The molecule has 2 amide bonds. The van der Waals surface area contributed by atoms with Gasteiger partial charge in [-0.25, -0.2) is 4.90 Å². The Morgan fingerprint density at radius 3 is 2.19 bits per heavy atom. The fraction of sp³-hybridized carbons (Fsp3) is 0.182. The summed E-state index contributed by atoms with van der Waals surface area (Å²) in [6.45, 7) is 3.92. The monoisotopic (exact) mass is 344 g/mol. The van der Waals surface area contributed by atoms with Crippen LogP contribution in [0.3, 0.4) is 0 Å². The van der Waals surface area contributed by atoms with Crippen LogP contribution in [0.4, 0.5) is 11.4 Å². The van der Waals surface area contributed by atoms with Crippen molar-refractivity contribution in [1.29, 1.82) is 0 Å². The van der Waals surface area contributed by atoms with Crippen LogP contribution in [0.25, 0.3) is 10.8 Å². The number of benzene rings is 3. The van der Waals surface area contributed by atoms with Crippen molar-refractivity contribution in [2.75, 3.05) is 23.9 Å². The van der Waals surface area contributed by atoms with Crippen molar-refractivity contribution in [3.05, 3.63) is 70.8 Å². The van der Waals surface area contributed by atoms with Gasteiger partial charge in [0.05, 0.1) is 5.69 Å². The molecule has 1 heterocycles. The molecule has 0 aliphatic carbocycles. The maximum Gasteiger partial charge on any atom is 0.265 e. The Hall–Kier alpha value is -3.14. The standard InChI is InChI=1S/C22H20N2O2/c1-13-8-10-18(14(2)12-13)24-21(25)16-7-5-6-15-19(23(3)4)11-9-17(20(15)16)22(24)26/h5-12H,1-4H3. The van der Waals surface area contributed by atoms with Gasteiger partial charge in [0.1, 0.15) is 0 Å². The molecule has 0 fully saturated rings. The maximum absolute atomic E-state index is 13.2. The Morgan fingerprint density at radius 2 is 1.54 bits per heavy atom. The number of nitrogens with zero attached hydrogens (tertiary/aromatic N) is 2. The highest BCUT2D eigenvalue weighted by Crippen LogP contribution is 2.37. The van der Waals surface area contributed by atoms with E-state index in [-0.39, 0.29) is 11.8 Å². The number of hydrogen-bond acceptors (Lipinski definition) is 3. The summed E-state index contributed by atoms with van der Waals surface area (Å²) >= 11 is 0. The van der Waals surface area contributed by atoms with Crippen LogP contribution in [0.2, 0.25) is 0 Å². The summed E-state index contributed by atoms with van der Waals surface area (Å²) in [5, 5.41) is 1.67. The highest BCUT2D eigenvalue weighted by molar-refractivity contribution is 6.36. The van der Waals surface area contributed by atoms with E-state index in [1.165, 1.54) is 4.90 Å². The first kappa shape index (κ1) is 16.3. The topological polar surface area (TPSA) is 40.6 Å². The van der Waals surface area contributed by atoms with Gasteiger partial charge in [0.15, 0.2) is 0 Å². The second kappa shape index (κ2) is 5.70. The molecule has 0 bridgehead atoms. The predicted molar refractivity (Wildman–Crippen MR) is 105 cm³/mol. The third kappa shape index (κ3) is 2.22. The largest absolute Gasteiger partial charge is 0.377 e. The van der Waals surface area contributed by atoms with Gasteiger partial charge < -0.3 is 4.90 Å². The number of hydrogen-bond donors (Lipinski definition) is 0. The first-order chi connectivity index (χ1) is 12.4. The number of anilines is 2. The SMILES string of the molecule is Cc1ccc(N2C(=O)c3cccc4c(N(C)C)ccc(c34)C2=O)c(C)c1. The molecule has 130 valence electrons. The van der Waals surface area contributed by atoms with Crippen molar-refractivity contribution >= 4 is 34.0 Å².